The van der Waals surface area contributed by atoms with Crippen LogP contribution in [0, 0.1) is 0 Å². The van der Waals surface area contributed by atoms with Crippen LogP contribution in [0.4, 0.5) is 0 Å². The van der Waals surface area contributed by atoms with E-state index in [4.69, 9.17) is 0.594 Å². The molecule has 0 fully saturated rings. The van der Waals surface area contributed by atoms with Crippen molar-refractivity contribution in [3.05, 3.63) is 0 Å². The second kappa shape index (κ2) is 5.82. The van der Waals surface area contributed by atoms with E-state index < -0.39 is 22.7 Å². The zero-order chi connectivity index (χ0) is 7.11. The first-order valence-corrected chi connectivity index (χ1v) is 4.25. The quantitative estimate of drug-likeness (QED) is 0.441. The molecule has 1 N–H and O–H groups in total. The molecule has 1 atom stereocenters. The molecule has 0 aromatic heterocycles. The van der Waals surface area contributed by atoms with Gasteiger partial charge in [-0.1, -0.05) is 0 Å². The van der Waals surface area contributed by atoms with Gasteiger partial charge < -0.3 is 0 Å². The van der Waals surface area contributed by atoms with Crippen molar-refractivity contribution in [3.63, 3.8) is 0 Å². The molecular formula is C6H15IN-. The minimum atomic E-state index is -0.451. The molecule has 0 aliphatic rings. The first-order chi connectivity index (χ1) is 4.31. The summed E-state index contributed by atoms with van der Waals surface area (Å²) in [7, 11) is 0. The summed E-state index contributed by atoms with van der Waals surface area (Å²) in [4.78, 5) is 0. The monoisotopic (exact) mass is 230 g/mol. The summed E-state index contributed by atoms with van der Waals surface area (Å²) >= 11 is -0.451. The molecule has 0 aromatic rings. The van der Waals surface area contributed by atoms with Gasteiger partial charge in [0.1, 0.15) is 0 Å². The van der Waals surface area contributed by atoms with Crippen LogP contribution < -0.4 is 26.2 Å². The molecule has 0 heterocycles. The molecule has 0 amide bonds. The molecule has 1 nitrogen and oxygen atoms in total. The van der Waals surface area contributed by atoms with Crippen LogP contribution in [-0.4, -0.2) is 6.64 Å². The Bertz CT molecular complexity index is 61.0. The van der Waals surface area contributed by atoms with E-state index >= 15 is 0 Å². The Kier molecular flexibility index (Phi) is 4.95. The molecule has 8 heavy (non-hydrogen) atoms. The summed E-state index contributed by atoms with van der Waals surface area (Å²) in [5.74, 6) is 0. The van der Waals surface area contributed by atoms with Crippen molar-refractivity contribution in [1.29, 1.82) is 0.594 Å². The fourth-order valence-corrected chi connectivity index (χ4v) is 0.876. The Morgan fingerprint density at radius 3 is 3.12 bits per heavy atom. The van der Waals surface area contributed by atoms with Gasteiger partial charge in [0, 0.05) is 0 Å². The molecule has 0 saturated heterocycles. The van der Waals surface area contributed by atoms with E-state index in [-0.39, 0.29) is 0 Å². The molecule has 52 valence electrons. The summed E-state index contributed by atoms with van der Waals surface area (Å²) in [6.07, 6.45) is 3.79. The zero-order valence-electron chi connectivity index (χ0n) is 6.58. The first kappa shape index (κ1) is 6.81. The van der Waals surface area contributed by atoms with E-state index in [1.807, 2.05) is 0 Å². The molecule has 0 bridgehead atoms. The second-order valence-electron chi connectivity index (χ2n) is 2.15. The Balaban J connectivity index is 2.95. The summed E-state index contributed by atoms with van der Waals surface area (Å²) in [5.41, 5.74) is 0. The number of rotatable bonds is 5. The van der Waals surface area contributed by atoms with Gasteiger partial charge in [0.05, 0.1) is 0 Å². The van der Waals surface area contributed by atoms with Crippen LogP contribution in [0.5, 0.6) is 0 Å². The van der Waals surface area contributed by atoms with Crippen LogP contribution in [0.15, 0.2) is 0 Å². The Hall–Kier alpha value is 0.690. The van der Waals surface area contributed by atoms with Crippen LogP contribution in [0.2, 0.25) is 0 Å². The molecule has 0 saturated carbocycles. The normalized spacial score (nSPS) is 16.0. The van der Waals surface area contributed by atoms with Crippen molar-refractivity contribution in [3.8, 4) is 0 Å². The maximum absolute atomic E-state index is 6.97. The van der Waals surface area contributed by atoms with Gasteiger partial charge >= 0.3 is 65.9 Å². The second-order valence-corrected chi connectivity index (χ2v) is 2.78. The fraction of sp³-hybridized carbons (Fsp3) is 1.00. The Morgan fingerprint density at radius 1 is 1.88 bits per heavy atom. The van der Waals surface area contributed by atoms with Crippen LogP contribution in [0.3, 0.4) is 0 Å². The third-order valence-electron chi connectivity index (χ3n) is 1.18. The van der Waals surface area contributed by atoms with Crippen LogP contribution in [0.25, 0.3) is 0 Å². The molecule has 0 aliphatic heterocycles. The Labute approximate surface area is 66.2 Å². The van der Waals surface area contributed by atoms with Gasteiger partial charge in [0.15, 0.2) is 0 Å². The van der Waals surface area contributed by atoms with E-state index in [1.165, 1.54) is 19.3 Å². The van der Waals surface area contributed by atoms with Crippen LogP contribution in [0.1, 0.15) is 33.1 Å². The average molecular weight is 230 g/mol. The number of nitrogens with one attached hydrogen (secondary N) is 1. The molecule has 1 unspecified atom stereocenters. The predicted octanol–water partition coefficient (Wildman–Crippen LogP) is -1.64. The topological polar surface area (TPSA) is 12.0 Å². The van der Waals surface area contributed by atoms with Crippen molar-refractivity contribution in [2.75, 3.05) is 0 Å². The van der Waals surface area contributed by atoms with Gasteiger partial charge in [0.25, 0.3) is 0 Å². The van der Waals surface area contributed by atoms with Gasteiger partial charge in [-0.2, -0.15) is 0 Å². The van der Waals surface area contributed by atoms with Crippen molar-refractivity contribution < 1.29 is 22.7 Å². The fourth-order valence-electron chi connectivity index (χ4n) is 0.565. The van der Waals surface area contributed by atoms with Gasteiger partial charge in [-0.3, -0.25) is 0 Å². The van der Waals surface area contributed by atoms with E-state index in [9.17, 15) is 0 Å². The molecule has 0 spiro atoms. The van der Waals surface area contributed by atoms with Gasteiger partial charge in [-0.25, -0.2) is 0 Å². The molecule has 2 heteroatoms. The van der Waals surface area contributed by atoms with E-state index in [0.717, 1.165) is 0 Å². The van der Waals surface area contributed by atoms with E-state index in [1.54, 1.807) is 0 Å². The molecule has 0 aromatic carbocycles. The van der Waals surface area contributed by atoms with Crippen molar-refractivity contribution >= 4 is 0 Å². The third-order valence-corrected chi connectivity index (χ3v) is 2.24. The number of hydrogen-bond acceptors (Lipinski definition) is 1. The predicted molar refractivity (Wildman–Crippen MR) is 33.5 cm³/mol. The van der Waals surface area contributed by atoms with E-state index in [0.29, 0.717) is 6.04 Å². The summed E-state index contributed by atoms with van der Waals surface area (Å²) in [5, 5.41) is 0. The van der Waals surface area contributed by atoms with Gasteiger partial charge in [-0.05, 0) is 0 Å². The van der Waals surface area contributed by atoms with Gasteiger partial charge in [-0.15, -0.1) is 0 Å². The third kappa shape index (κ3) is 4.84. The summed E-state index contributed by atoms with van der Waals surface area (Å²) in [6, 6.07) is 0.579. The van der Waals surface area contributed by atoms with Crippen molar-refractivity contribution in [2.24, 2.45) is 0 Å². The minimum absolute atomic E-state index is 0.451. The molecule has 0 aliphatic carbocycles. The number of hydrogen-bond donors (Lipinski definition) is 1. The van der Waals surface area contributed by atoms with Crippen molar-refractivity contribution in [1.82, 2.24) is 3.53 Å². The molecule has 0 radical (unpaired) electrons. The molecular weight excluding hydrogens is 213 g/mol. The summed E-state index contributed by atoms with van der Waals surface area (Å²) < 4.78 is 10.1. The SMILES string of the molecule is [3H][I-]NC(C)CCCC. The maximum atomic E-state index is 6.97. The average Bonchev–Trinajstić information content (AvgIpc) is 1.85. The molecule has 0 rings (SSSR count). The standard InChI is InChI=1S/C6H15IN/c1-3-4-5-6(2)8-7/h6-8H,3-5H2,1-2H3/q-1/i7T. The number of unbranched alkanes of at least 4 members (excludes halogenated alkanes) is 1. The zero-order valence-corrected chi connectivity index (χ0v) is 7.73. The number of halogens is 1. The Morgan fingerprint density at radius 2 is 2.62 bits per heavy atom. The first-order valence-electron chi connectivity index (χ1n) is 3.55. The van der Waals surface area contributed by atoms with Crippen molar-refractivity contribution in [2.45, 2.75) is 39.2 Å². The summed E-state index contributed by atoms with van der Waals surface area (Å²) in [6.45, 7) is 4.35. The van der Waals surface area contributed by atoms with Gasteiger partial charge in [0.2, 0.25) is 0 Å². The van der Waals surface area contributed by atoms with Crippen LogP contribution >= 0.6 is 0 Å². The van der Waals surface area contributed by atoms with E-state index in [2.05, 4.69) is 17.4 Å². The van der Waals surface area contributed by atoms with Crippen LogP contribution in [-0.2, 0) is 0 Å².